The van der Waals surface area contributed by atoms with Gasteiger partial charge in [-0.1, -0.05) is 0 Å². The minimum Gasteiger partial charge on any atom is -0.474 e. The number of halogens is 1. The molecular weight excluding hydrogens is 121 g/mol. The van der Waals surface area contributed by atoms with Gasteiger partial charge in [-0.05, 0) is 0 Å². The van der Waals surface area contributed by atoms with E-state index in [9.17, 15) is 9.59 Å². The van der Waals surface area contributed by atoms with E-state index in [4.69, 9.17) is 5.11 Å². The van der Waals surface area contributed by atoms with E-state index in [1.54, 1.807) is 0 Å². The van der Waals surface area contributed by atoms with Crippen LogP contribution < -0.4 is 5.73 Å². The number of carboxylic acids is 1. The van der Waals surface area contributed by atoms with E-state index in [0.29, 0.717) is 0 Å². The Morgan fingerprint density at radius 3 is 1.57 bits per heavy atom. The number of hydrogen-bond acceptors (Lipinski definition) is 2. The Labute approximate surface area is 45.7 Å². The first-order valence-corrected chi connectivity index (χ1v) is 1.17. The van der Waals surface area contributed by atoms with Gasteiger partial charge in [-0.2, -0.15) is 0 Å². The number of aliphatic carboxylic acids is 1. The van der Waals surface area contributed by atoms with Gasteiger partial charge in [-0.15, -0.1) is 12.4 Å². The van der Waals surface area contributed by atoms with Gasteiger partial charge in [0.05, 0.1) is 0 Å². The second-order valence-electron chi connectivity index (χ2n) is 0.669. The Balaban J connectivity index is 0. The lowest BCUT2D eigenvalue weighted by Gasteiger charge is -1.74. The summed E-state index contributed by atoms with van der Waals surface area (Å²) in [6.07, 6.45) is 0. The van der Waals surface area contributed by atoms with Crippen LogP contribution in [0.1, 0.15) is 0 Å². The van der Waals surface area contributed by atoms with Crippen LogP contribution in [0.25, 0.3) is 0 Å². The molecule has 0 saturated heterocycles. The van der Waals surface area contributed by atoms with Crippen molar-refractivity contribution in [3.8, 4) is 0 Å². The lowest BCUT2D eigenvalue weighted by Crippen LogP contribution is -2.21. The highest BCUT2D eigenvalue weighted by atomic mass is 35.5. The zero-order chi connectivity index (χ0) is 5.15. The van der Waals surface area contributed by atoms with Crippen LogP contribution in [-0.4, -0.2) is 17.0 Å². The number of primary amides is 1. The maximum atomic E-state index is 9.32. The molecule has 0 aromatic carbocycles. The van der Waals surface area contributed by atoms with Gasteiger partial charge in [0.1, 0.15) is 0 Å². The van der Waals surface area contributed by atoms with Gasteiger partial charge in [0.25, 0.3) is 0 Å². The smallest absolute Gasteiger partial charge is 0.394 e. The first-order chi connectivity index (χ1) is 2.64. The molecule has 3 N–H and O–H groups in total. The Hall–Kier alpha value is -0.770. The molecule has 0 spiro atoms. The molecule has 4 nitrogen and oxygen atoms in total. The van der Waals surface area contributed by atoms with Crippen molar-refractivity contribution in [2.24, 2.45) is 5.73 Å². The maximum Gasteiger partial charge on any atom is 0.394 e. The number of carboxylic acid groups (broad SMARTS) is 1. The summed E-state index contributed by atoms with van der Waals surface area (Å²) in [6.45, 7) is 0. The minimum atomic E-state index is -1.60. The summed E-state index contributed by atoms with van der Waals surface area (Å²) in [4.78, 5) is 18.5. The minimum absolute atomic E-state index is 0. The zero-order valence-corrected chi connectivity index (χ0v) is 4.07. The van der Waals surface area contributed by atoms with Crippen LogP contribution in [-0.2, 0) is 9.59 Å². The second kappa shape index (κ2) is 3.42. The van der Waals surface area contributed by atoms with Crippen molar-refractivity contribution >= 4 is 24.3 Å². The molecule has 42 valence electrons. The fraction of sp³-hybridized carbons (Fsp3) is 0. The van der Waals surface area contributed by atoms with Crippen molar-refractivity contribution in [2.45, 2.75) is 0 Å². The summed E-state index contributed by atoms with van der Waals surface area (Å²) in [5.74, 6) is -2.93. The summed E-state index contributed by atoms with van der Waals surface area (Å²) in [7, 11) is 0. The predicted octanol–water partition coefficient (Wildman–Crippen LogP) is -1.02. The van der Waals surface area contributed by atoms with Crippen molar-refractivity contribution in [1.29, 1.82) is 0 Å². The number of hydrogen-bond donors (Lipinski definition) is 2. The first-order valence-electron chi connectivity index (χ1n) is 1.17. The monoisotopic (exact) mass is 125 g/mol. The molecule has 0 saturated carbocycles. The standard InChI is InChI=1S/C2H3NO3.ClH/c3-1(4)2(5)6;/h(H2,3,4)(H,5,6);1H. The molecule has 1 amide bonds. The second-order valence-corrected chi connectivity index (χ2v) is 0.669. The summed E-state index contributed by atoms with van der Waals surface area (Å²) >= 11 is 0. The fourth-order valence-corrected chi connectivity index (χ4v) is 0. The molecule has 0 aliphatic heterocycles. The predicted molar refractivity (Wildman–Crippen MR) is 24.1 cm³/mol. The molecule has 0 aromatic rings. The van der Waals surface area contributed by atoms with E-state index in [1.165, 1.54) is 0 Å². The molecule has 0 heterocycles. The van der Waals surface area contributed by atoms with Crippen LogP contribution in [0.4, 0.5) is 0 Å². The zero-order valence-electron chi connectivity index (χ0n) is 3.25. The molecule has 0 atom stereocenters. The van der Waals surface area contributed by atoms with E-state index in [-0.39, 0.29) is 12.4 Å². The largest absolute Gasteiger partial charge is 0.474 e. The van der Waals surface area contributed by atoms with E-state index < -0.39 is 11.9 Å². The molecule has 7 heavy (non-hydrogen) atoms. The molecule has 0 aliphatic carbocycles. The number of carbonyl (C=O) groups is 2. The number of amides is 1. The van der Waals surface area contributed by atoms with Gasteiger partial charge in [-0.25, -0.2) is 4.79 Å². The molecule has 0 aromatic heterocycles. The molecule has 0 aliphatic rings. The highest BCUT2D eigenvalue weighted by Gasteiger charge is 2.00. The van der Waals surface area contributed by atoms with Crippen molar-refractivity contribution < 1.29 is 14.7 Å². The third kappa shape index (κ3) is 5.23. The van der Waals surface area contributed by atoms with E-state index in [0.717, 1.165) is 0 Å². The Morgan fingerprint density at radius 1 is 1.43 bits per heavy atom. The van der Waals surface area contributed by atoms with Crippen LogP contribution in [0.3, 0.4) is 0 Å². The van der Waals surface area contributed by atoms with Crippen LogP contribution in [0.5, 0.6) is 0 Å². The van der Waals surface area contributed by atoms with Gasteiger partial charge in [-0.3, -0.25) is 4.79 Å². The molecular formula is C2H4ClNO3. The highest BCUT2D eigenvalue weighted by molar-refractivity contribution is 6.30. The van der Waals surface area contributed by atoms with E-state index in [2.05, 4.69) is 5.73 Å². The molecule has 0 bridgehead atoms. The number of carbonyl (C=O) groups excluding carboxylic acids is 1. The molecule has 0 unspecified atom stereocenters. The van der Waals surface area contributed by atoms with Gasteiger partial charge in [0, 0.05) is 0 Å². The van der Waals surface area contributed by atoms with Crippen LogP contribution in [0, 0.1) is 0 Å². The van der Waals surface area contributed by atoms with E-state index in [1.807, 2.05) is 0 Å². The topological polar surface area (TPSA) is 80.4 Å². The molecule has 0 fully saturated rings. The summed E-state index contributed by atoms with van der Waals surface area (Å²) in [6, 6.07) is 0. The quantitative estimate of drug-likeness (QED) is 0.407. The third-order valence-corrected chi connectivity index (χ3v) is 0.211. The van der Waals surface area contributed by atoms with Crippen molar-refractivity contribution in [1.82, 2.24) is 0 Å². The third-order valence-electron chi connectivity index (χ3n) is 0.211. The molecule has 5 heteroatoms. The SMILES string of the molecule is Cl.NC(=O)C(=O)O. The van der Waals surface area contributed by atoms with Crippen LogP contribution in [0.2, 0.25) is 0 Å². The Morgan fingerprint density at radius 2 is 1.57 bits per heavy atom. The Kier molecular flexibility index (Phi) is 4.65. The molecule has 0 rings (SSSR count). The highest BCUT2D eigenvalue weighted by Crippen LogP contribution is 1.51. The lowest BCUT2D eigenvalue weighted by atomic mass is 10.7. The van der Waals surface area contributed by atoms with Gasteiger partial charge in [0.15, 0.2) is 0 Å². The maximum absolute atomic E-state index is 9.32. The Bertz CT molecular complexity index is 78.9. The van der Waals surface area contributed by atoms with Gasteiger partial charge >= 0.3 is 11.9 Å². The average Bonchev–Trinajstić information content (AvgIpc) is 1.36. The summed E-state index contributed by atoms with van der Waals surface area (Å²) < 4.78 is 0. The van der Waals surface area contributed by atoms with Crippen LogP contribution >= 0.6 is 12.4 Å². The van der Waals surface area contributed by atoms with Crippen molar-refractivity contribution in [3.63, 3.8) is 0 Å². The summed E-state index contributed by atoms with van der Waals surface area (Å²) in [5, 5.41) is 7.52. The number of rotatable bonds is 0. The molecule has 0 radical (unpaired) electrons. The normalized spacial score (nSPS) is 6.29. The van der Waals surface area contributed by atoms with Crippen molar-refractivity contribution in [2.75, 3.05) is 0 Å². The summed E-state index contributed by atoms with van der Waals surface area (Å²) in [5.41, 5.74) is 4.20. The fourth-order valence-electron chi connectivity index (χ4n) is 0. The average molecular weight is 126 g/mol. The van der Waals surface area contributed by atoms with E-state index >= 15 is 0 Å². The van der Waals surface area contributed by atoms with Crippen molar-refractivity contribution in [3.05, 3.63) is 0 Å². The van der Waals surface area contributed by atoms with Crippen LogP contribution in [0.15, 0.2) is 0 Å². The van der Waals surface area contributed by atoms with Gasteiger partial charge in [0.2, 0.25) is 0 Å². The first kappa shape index (κ1) is 9.52. The number of nitrogens with two attached hydrogens (primary N) is 1. The van der Waals surface area contributed by atoms with Gasteiger partial charge < -0.3 is 10.8 Å². The lowest BCUT2D eigenvalue weighted by molar-refractivity contribution is -0.148.